The fourth-order valence-electron chi connectivity index (χ4n) is 2.51. The Labute approximate surface area is 124 Å². The van der Waals surface area contributed by atoms with E-state index in [9.17, 15) is 14.9 Å². The van der Waals surface area contributed by atoms with E-state index in [1.54, 1.807) is 12.1 Å². The summed E-state index contributed by atoms with van der Waals surface area (Å²) in [6.45, 7) is 6.24. The van der Waals surface area contributed by atoms with Gasteiger partial charge in [0, 0.05) is 31.8 Å². The number of benzene rings is 1. The van der Waals surface area contributed by atoms with Crippen LogP contribution in [0.15, 0.2) is 24.3 Å². The summed E-state index contributed by atoms with van der Waals surface area (Å²) in [7, 11) is 0. The summed E-state index contributed by atoms with van der Waals surface area (Å²) in [5.74, 6) is -0.319. The van der Waals surface area contributed by atoms with Crippen LogP contribution in [0.5, 0.6) is 0 Å². The zero-order valence-corrected chi connectivity index (χ0v) is 12.4. The van der Waals surface area contributed by atoms with Crippen molar-refractivity contribution in [2.24, 2.45) is 0 Å². The zero-order valence-electron chi connectivity index (χ0n) is 12.4. The maximum Gasteiger partial charge on any atom is 0.269 e. The molecule has 0 spiro atoms. The fourth-order valence-corrected chi connectivity index (χ4v) is 2.51. The molecule has 1 atom stereocenters. The summed E-state index contributed by atoms with van der Waals surface area (Å²) in [5, 5.41) is 14.0. The van der Waals surface area contributed by atoms with Gasteiger partial charge in [-0.15, -0.1) is 0 Å². The molecular weight excluding hydrogens is 270 g/mol. The summed E-state index contributed by atoms with van der Waals surface area (Å²) < 4.78 is 0. The lowest BCUT2D eigenvalue weighted by Gasteiger charge is -2.39. The molecule has 1 aliphatic rings. The standard InChI is InChI=1S/C15H21N3O3/c1-3-7-17(14-9-16-10-14)15(19)11(2)12-5-4-6-13(8-12)18(20)21/h4-6,8,11,14,16H,3,7,9-10H2,1-2H3. The minimum Gasteiger partial charge on any atom is -0.337 e. The van der Waals surface area contributed by atoms with Crippen molar-refractivity contribution in [1.29, 1.82) is 0 Å². The quantitative estimate of drug-likeness (QED) is 0.641. The van der Waals surface area contributed by atoms with Gasteiger partial charge >= 0.3 is 0 Å². The van der Waals surface area contributed by atoms with Crippen molar-refractivity contribution in [2.45, 2.75) is 32.2 Å². The number of amides is 1. The van der Waals surface area contributed by atoms with Gasteiger partial charge in [0.25, 0.3) is 5.69 Å². The molecule has 1 aliphatic heterocycles. The van der Waals surface area contributed by atoms with E-state index >= 15 is 0 Å². The van der Waals surface area contributed by atoms with Crippen molar-refractivity contribution in [2.75, 3.05) is 19.6 Å². The van der Waals surface area contributed by atoms with Gasteiger partial charge in [0.05, 0.1) is 16.9 Å². The first-order valence-electron chi connectivity index (χ1n) is 7.30. The number of carbonyl (C=O) groups excluding carboxylic acids is 1. The molecule has 0 aromatic heterocycles. The van der Waals surface area contributed by atoms with Crippen LogP contribution in [0.1, 0.15) is 31.7 Å². The van der Waals surface area contributed by atoms with E-state index in [0.717, 1.165) is 26.1 Å². The molecule has 1 aromatic carbocycles. The Morgan fingerprint density at radius 2 is 2.24 bits per heavy atom. The van der Waals surface area contributed by atoms with Crippen LogP contribution in [-0.2, 0) is 4.79 Å². The molecule has 0 bridgehead atoms. The van der Waals surface area contributed by atoms with Gasteiger partial charge in [-0.1, -0.05) is 19.1 Å². The zero-order chi connectivity index (χ0) is 15.4. The molecule has 6 heteroatoms. The number of nitrogens with one attached hydrogen (secondary N) is 1. The first-order chi connectivity index (χ1) is 10.0. The van der Waals surface area contributed by atoms with Crippen LogP contribution in [0.25, 0.3) is 0 Å². The van der Waals surface area contributed by atoms with Gasteiger partial charge < -0.3 is 10.2 Å². The maximum absolute atomic E-state index is 12.7. The molecule has 1 unspecified atom stereocenters. The second kappa shape index (κ2) is 6.67. The highest BCUT2D eigenvalue weighted by Crippen LogP contribution is 2.24. The Morgan fingerprint density at radius 1 is 1.52 bits per heavy atom. The van der Waals surface area contributed by atoms with E-state index in [0.29, 0.717) is 5.56 Å². The molecule has 1 amide bonds. The summed E-state index contributed by atoms with van der Waals surface area (Å²) in [5.41, 5.74) is 0.724. The van der Waals surface area contributed by atoms with Gasteiger partial charge in [0.2, 0.25) is 5.91 Å². The largest absolute Gasteiger partial charge is 0.337 e. The third kappa shape index (κ3) is 3.39. The number of nitro groups is 1. The number of carbonyl (C=O) groups is 1. The Hall–Kier alpha value is -1.95. The van der Waals surface area contributed by atoms with E-state index in [1.165, 1.54) is 12.1 Å². The molecule has 0 aliphatic carbocycles. The number of non-ortho nitro benzene ring substituents is 1. The first-order valence-corrected chi connectivity index (χ1v) is 7.30. The molecule has 1 heterocycles. The average Bonchev–Trinajstić information content (AvgIpc) is 2.43. The third-order valence-corrected chi connectivity index (χ3v) is 3.90. The number of rotatable bonds is 6. The molecule has 1 saturated heterocycles. The minimum absolute atomic E-state index is 0.0273. The number of hydrogen-bond donors (Lipinski definition) is 1. The fraction of sp³-hybridized carbons (Fsp3) is 0.533. The molecule has 0 radical (unpaired) electrons. The molecule has 2 rings (SSSR count). The molecule has 6 nitrogen and oxygen atoms in total. The summed E-state index contributed by atoms with van der Waals surface area (Å²) in [6, 6.07) is 6.59. The highest BCUT2D eigenvalue weighted by Gasteiger charge is 2.31. The lowest BCUT2D eigenvalue weighted by molar-refractivity contribution is -0.384. The van der Waals surface area contributed by atoms with Crippen molar-refractivity contribution in [3.8, 4) is 0 Å². The SMILES string of the molecule is CCCN(C(=O)C(C)c1cccc([N+](=O)[O-])c1)C1CNC1. The van der Waals surface area contributed by atoms with E-state index < -0.39 is 4.92 Å². The molecule has 1 aromatic rings. The average molecular weight is 291 g/mol. The lowest BCUT2D eigenvalue weighted by atomic mass is 9.97. The van der Waals surface area contributed by atoms with Crippen molar-refractivity contribution >= 4 is 11.6 Å². The second-order valence-corrected chi connectivity index (χ2v) is 5.42. The van der Waals surface area contributed by atoms with Crippen LogP contribution in [-0.4, -0.2) is 41.4 Å². The Kier molecular flexibility index (Phi) is 4.90. The maximum atomic E-state index is 12.7. The van der Waals surface area contributed by atoms with Gasteiger partial charge in [-0.05, 0) is 18.9 Å². The minimum atomic E-state index is -0.430. The van der Waals surface area contributed by atoms with Gasteiger partial charge in [-0.25, -0.2) is 0 Å². The van der Waals surface area contributed by atoms with Crippen molar-refractivity contribution in [1.82, 2.24) is 10.2 Å². The van der Waals surface area contributed by atoms with Gasteiger partial charge in [0.15, 0.2) is 0 Å². The Bertz CT molecular complexity index is 529. The third-order valence-electron chi connectivity index (χ3n) is 3.90. The Morgan fingerprint density at radius 3 is 2.76 bits per heavy atom. The molecule has 1 fully saturated rings. The highest BCUT2D eigenvalue weighted by atomic mass is 16.6. The highest BCUT2D eigenvalue weighted by molar-refractivity contribution is 5.84. The number of nitrogens with zero attached hydrogens (tertiary/aromatic N) is 2. The van der Waals surface area contributed by atoms with E-state index in [-0.39, 0.29) is 23.6 Å². The lowest BCUT2D eigenvalue weighted by Crippen LogP contribution is -2.59. The monoisotopic (exact) mass is 291 g/mol. The van der Waals surface area contributed by atoms with Crippen LogP contribution in [0.4, 0.5) is 5.69 Å². The first kappa shape index (κ1) is 15.4. The molecule has 21 heavy (non-hydrogen) atoms. The smallest absolute Gasteiger partial charge is 0.269 e. The van der Waals surface area contributed by atoms with E-state index in [2.05, 4.69) is 5.32 Å². The predicted octanol–water partition coefficient (Wildman–Crippen LogP) is 1.91. The van der Waals surface area contributed by atoms with Crippen molar-refractivity contribution < 1.29 is 9.72 Å². The van der Waals surface area contributed by atoms with E-state index in [1.807, 2.05) is 18.7 Å². The van der Waals surface area contributed by atoms with Crippen molar-refractivity contribution in [3.05, 3.63) is 39.9 Å². The molecule has 0 saturated carbocycles. The van der Waals surface area contributed by atoms with Crippen LogP contribution in [0, 0.1) is 10.1 Å². The predicted molar refractivity (Wildman–Crippen MR) is 80.2 cm³/mol. The van der Waals surface area contributed by atoms with Gasteiger partial charge in [-0.2, -0.15) is 0 Å². The molecule has 114 valence electrons. The van der Waals surface area contributed by atoms with E-state index in [4.69, 9.17) is 0 Å². The normalized spacial score (nSPS) is 16.1. The van der Waals surface area contributed by atoms with Crippen molar-refractivity contribution in [3.63, 3.8) is 0 Å². The van der Waals surface area contributed by atoms with Crippen LogP contribution in [0.2, 0.25) is 0 Å². The topological polar surface area (TPSA) is 75.5 Å². The molecule has 1 N–H and O–H groups in total. The van der Waals surface area contributed by atoms with Crippen LogP contribution < -0.4 is 5.32 Å². The van der Waals surface area contributed by atoms with Gasteiger partial charge in [0.1, 0.15) is 0 Å². The van der Waals surface area contributed by atoms with Gasteiger partial charge in [-0.3, -0.25) is 14.9 Å². The summed E-state index contributed by atoms with van der Waals surface area (Å²) in [4.78, 5) is 25.0. The molecular formula is C15H21N3O3. The summed E-state index contributed by atoms with van der Waals surface area (Å²) >= 11 is 0. The number of nitro benzene ring substituents is 1. The second-order valence-electron chi connectivity index (χ2n) is 5.42. The number of hydrogen-bond acceptors (Lipinski definition) is 4. The van der Waals surface area contributed by atoms with Crippen LogP contribution in [0.3, 0.4) is 0 Å². The van der Waals surface area contributed by atoms with Crippen LogP contribution >= 0.6 is 0 Å². The Balaban J connectivity index is 2.16. The summed E-state index contributed by atoms with van der Waals surface area (Å²) in [6.07, 6.45) is 0.907.